The predicted molar refractivity (Wildman–Crippen MR) is 75.2 cm³/mol. The molecule has 0 bridgehead atoms. The molecule has 0 saturated carbocycles. The Kier molecular flexibility index (Phi) is 5.45. The number of aryl methyl sites for hydroxylation is 2. The van der Waals surface area contributed by atoms with Crippen LogP contribution in [0.15, 0.2) is 0 Å². The molecule has 1 rings (SSSR count). The number of sulfonamides is 1. The summed E-state index contributed by atoms with van der Waals surface area (Å²) in [6.07, 6.45) is 2.33. The molecule has 2 N–H and O–H groups in total. The molecule has 1 aromatic rings. The third-order valence-electron chi connectivity index (χ3n) is 2.54. The summed E-state index contributed by atoms with van der Waals surface area (Å²) >= 11 is 0. The summed E-state index contributed by atoms with van der Waals surface area (Å²) in [5.41, 5.74) is 0.382. The molecule has 0 saturated heterocycles. The molecule has 1 heterocycles. The van der Waals surface area contributed by atoms with Crippen molar-refractivity contribution in [3.05, 3.63) is 15.8 Å². The number of anilines is 1. The highest BCUT2D eigenvalue weighted by molar-refractivity contribution is 7.88. The fourth-order valence-electron chi connectivity index (χ4n) is 1.78. The van der Waals surface area contributed by atoms with Gasteiger partial charge in [0, 0.05) is 20.1 Å². The number of nitrogens with one attached hydrogen (secondary N) is 2. The van der Waals surface area contributed by atoms with Crippen LogP contribution in [0.1, 0.15) is 19.0 Å². The third kappa shape index (κ3) is 4.46. The minimum atomic E-state index is -3.26. The van der Waals surface area contributed by atoms with E-state index in [1.165, 1.54) is 4.68 Å². The van der Waals surface area contributed by atoms with Gasteiger partial charge in [0.1, 0.15) is 5.69 Å². The number of aromatic nitrogens is 2. The van der Waals surface area contributed by atoms with Crippen LogP contribution >= 0.6 is 0 Å². The van der Waals surface area contributed by atoms with Crippen LogP contribution in [0.25, 0.3) is 0 Å². The van der Waals surface area contributed by atoms with E-state index in [0.29, 0.717) is 12.1 Å². The molecule has 9 nitrogen and oxygen atoms in total. The Balaban J connectivity index is 2.81. The van der Waals surface area contributed by atoms with Crippen LogP contribution in [0.3, 0.4) is 0 Å². The molecule has 0 aliphatic heterocycles. The standard InChI is InChI=1S/C10H19N5O4S/c1-4-5-8-9(15(16)17)10(14(2)13-8)11-6-7-12-20(3,18)19/h11-12H,4-7H2,1-3H3. The van der Waals surface area contributed by atoms with Gasteiger partial charge in [0.05, 0.1) is 11.2 Å². The largest absolute Gasteiger partial charge is 0.363 e. The van der Waals surface area contributed by atoms with Crippen molar-refractivity contribution in [3.63, 3.8) is 0 Å². The molecule has 0 unspecified atom stereocenters. The van der Waals surface area contributed by atoms with Gasteiger partial charge >= 0.3 is 5.69 Å². The highest BCUT2D eigenvalue weighted by atomic mass is 32.2. The Hall–Kier alpha value is -1.68. The summed E-state index contributed by atoms with van der Waals surface area (Å²) in [6, 6.07) is 0. The molecular weight excluding hydrogens is 286 g/mol. The van der Waals surface area contributed by atoms with E-state index in [9.17, 15) is 18.5 Å². The van der Waals surface area contributed by atoms with Crippen molar-refractivity contribution in [3.8, 4) is 0 Å². The Morgan fingerprint density at radius 2 is 2.05 bits per heavy atom. The fraction of sp³-hybridized carbons (Fsp3) is 0.700. The Bertz CT molecular complexity index is 581. The van der Waals surface area contributed by atoms with Crippen molar-refractivity contribution < 1.29 is 13.3 Å². The van der Waals surface area contributed by atoms with E-state index in [2.05, 4.69) is 15.1 Å². The second-order valence-corrected chi connectivity index (χ2v) is 6.20. The maximum Gasteiger partial charge on any atom is 0.333 e. The highest BCUT2D eigenvalue weighted by Crippen LogP contribution is 2.28. The van der Waals surface area contributed by atoms with Gasteiger partial charge in [0.2, 0.25) is 15.8 Å². The van der Waals surface area contributed by atoms with Gasteiger partial charge in [-0.15, -0.1) is 0 Å². The fourth-order valence-corrected chi connectivity index (χ4v) is 2.25. The number of nitrogens with zero attached hydrogens (tertiary/aromatic N) is 3. The van der Waals surface area contributed by atoms with Crippen molar-refractivity contribution in [2.24, 2.45) is 7.05 Å². The number of hydrogen-bond acceptors (Lipinski definition) is 6. The smallest absolute Gasteiger partial charge is 0.333 e. The first-order valence-electron chi connectivity index (χ1n) is 6.15. The van der Waals surface area contributed by atoms with Gasteiger partial charge in [-0.2, -0.15) is 5.10 Å². The van der Waals surface area contributed by atoms with Gasteiger partial charge in [0.25, 0.3) is 0 Å². The summed E-state index contributed by atoms with van der Waals surface area (Å²) in [5, 5.41) is 18.1. The molecule has 0 aromatic carbocycles. The molecule has 10 heteroatoms. The van der Waals surface area contributed by atoms with Crippen molar-refractivity contribution in [2.45, 2.75) is 19.8 Å². The minimum absolute atomic E-state index is 0.0475. The molecular formula is C10H19N5O4S. The summed E-state index contributed by atoms with van der Waals surface area (Å²) in [5.74, 6) is 0.286. The molecule has 0 fully saturated rings. The first kappa shape index (κ1) is 16.4. The second-order valence-electron chi connectivity index (χ2n) is 4.37. The van der Waals surface area contributed by atoms with E-state index in [1.54, 1.807) is 7.05 Å². The molecule has 0 amide bonds. The molecule has 0 aliphatic rings. The maximum absolute atomic E-state index is 11.1. The van der Waals surface area contributed by atoms with Gasteiger partial charge in [-0.3, -0.25) is 10.1 Å². The van der Waals surface area contributed by atoms with E-state index < -0.39 is 14.9 Å². The Labute approximate surface area is 117 Å². The zero-order valence-corrected chi connectivity index (χ0v) is 12.5. The summed E-state index contributed by atoms with van der Waals surface area (Å²) < 4.78 is 25.5. The SMILES string of the molecule is CCCc1nn(C)c(NCCNS(C)(=O)=O)c1[N+](=O)[O-]. The van der Waals surface area contributed by atoms with E-state index in [0.717, 1.165) is 12.7 Å². The van der Waals surface area contributed by atoms with E-state index in [4.69, 9.17) is 0 Å². The van der Waals surface area contributed by atoms with Crippen molar-refractivity contribution in [2.75, 3.05) is 24.7 Å². The van der Waals surface area contributed by atoms with E-state index in [-0.39, 0.29) is 24.6 Å². The van der Waals surface area contributed by atoms with Crippen LogP contribution in [0.2, 0.25) is 0 Å². The lowest BCUT2D eigenvalue weighted by Gasteiger charge is -2.06. The van der Waals surface area contributed by atoms with Crippen LogP contribution in [-0.2, 0) is 23.5 Å². The van der Waals surface area contributed by atoms with Crippen molar-refractivity contribution in [1.82, 2.24) is 14.5 Å². The van der Waals surface area contributed by atoms with Crippen LogP contribution in [-0.4, -0.2) is 42.5 Å². The molecule has 0 spiro atoms. The molecule has 114 valence electrons. The zero-order valence-electron chi connectivity index (χ0n) is 11.7. The first-order valence-corrected chi connectivity index (χ1v) is 8.04. The monoisotopic (exact) mass is 305 g/mol. The quantitative estimate of drug-likeness (QED) is 0.403. The number of hydrogen-bond donors (Lipinski definition) is 2. The lowest BCUT2D eigenvalue weighted by molar-refractivity contribution is -0.384. The summed E-state index contributed by atoms with van der Waals surface area (Å²) in [6.45, 7) is 2.30. The average molecular weight is 305 g/mol. The van der Waals surface area contributed by atoms with Gasteiger partial charge in [-0.05, 0) is 6.42 Å². The number of rotatable bonds is 8. The molecule has 0 atom stereocenters. The van der Waals surface area contributed by atoms with Crippen molar-refractivity contribution in [1.29, 1.82) is 0 Å². The third-order valence-corrected chi connectivity index (χ3v) is 3.27. The maximum atomic E-state index is 11.1. The lowest BCUT2D eigenvalue weighted by Crippen LogP contribution is -2.28. The molecule has 0 radical (unpaired) electrons. The van der Waals surface area contributed by atoms with Crippen LogP contribution in [0.5, 0.6) is 0 Å². The Morgan fingerprint density at radius 3 is 2.55 bits per heavy atom. The van der Waals surface area contributed by atoms with Gasteiger partial charge in [-0.25, -0.2) is 17.8 Å². The van der Waals surface area contributed by atoms with Crippen molar-refractivity contribution >= 4 is 21.5 Å². The molecule has 0 aliphatic carbocycles. The van der Waals surface area contributed by atoms with Crippen LogP contribution < -0.4 is 10.0 Å². The molecule has 20 heavy (non-hydrogen) atoms. The first-order chi connectivity index (χ1) is 9.26. The average Bonchev–Trinajstić information content (AvgIpc) is 2.60. The number of nitro groups is 1. The summed E-state index contributed by atoms with van der Waals surface area (Å²) in [7, 11) is -1.66. The van der Waals surface area contributed by atoms with Gasteiger partial charge < -0.3 is 5.32 Å². The zero-order chi connectivity index (χ0) is 15.3. The van der Waals surface area contributed by atoms with E-state index in [1.807, 2.05) is 6.92 Å². The predicted octanol–water partition coefficient (Wildman–Crippen LogP) is 0.242. The Morgan fingerprint density at radius 1 is 1.40 bits per heavy atom. The molecule has 1 aromatic heterocycles. The van der Waals surface area contributed by atoms with Crippen LogP contribution in [0, 0.1) is 10.1 Å². The second kappa shape index (κ2) is 6.66. The van der Waals surface area contributed by atoms with Gasteiger partial charge in [0.15, 0.2) is 0 Å². The highest BCUT2D eigenvalue weighted by Gasteiger charge is 2.25. The normalized spacial score (nSPS) is 11.6. The van der Waals surface area contributed by atoms with Gasteiger partial charge in [-0.1, -0.05) is 13.3 Å². The lowest BCUT2D eigenvalue weighted by atomic mass is 10.2. The topological polar surface area (TPSA) is 119 Å². The minimum Gasteiger partial charge on any atom is -0.363 e. The van der Waals surface area contributed by atoms with Crippen LogP contribution in [0.4, 0.5) is 11.5 Å². The van der Waals surface area contributed by atoms with E-state index >= 15 is 0 Å². The summed E-state index contributed by atoms with van der Waals surface area (Å²) in [4.78, 5) is 10.7.